The van der Waals surface area contributed by atoms with Crippen molar-refractivity contribution in [2.75, 3.05) is 17.7 Å². The van der Waals surface area contributed by atoms with E-state index in [1.54, 1.807) is 12.1 Å². The molecule has 0 saturated carbocycles. The molecular formula is C29H25Cl2N5O3S. The number of ketones is 1. The van der Waals surface area contributed by atoms with Gasteiger partial charge in [0.15, 0.2) is 10.9 Å². The van der Waals surface area contributed by atoms with Gasteiger partial charge in [0.25, 0.3) is 5.91 Å². The van der Waals surface area contributed by atoms with Crippen molar-refractivity contribution in [2.24, 2.45) is 5.73 Å². The monoisotopic (exact) mass is 593 g/mol. The normalized spacial score (nSPS) is 12.0. The molecule has 2 aromatic heterocycles. The van der Waals surface area contributed by atoms with E-state index in [4.69, 9.17) is 33.7 Å². The molecule has 0 unspecified atom stereocenters. The zero-order valence-electron chi connectivity index (χ0n) is 21.7. The molecule has 0 aliphatic rings. The minimum Gasteiger partial charge on any atom is -0.487 e. The number of carbonyl (C=O) groups excluding carboxylic acids is 2. The van der Waals surface area contributed by atoms with Crippen molar-refractivity contribution in [1.29, 1.82) is 0 Å². The summed E-state index contributed by atoms with van der Waals surface area (Å²) in [5.74, 6) is -0.473. The highest BCUT2D eigenvalue weighted by Gasteiger charge is 2.28. The first-order chi connectivity index (χ1) is 19.2. The molecule has 1 amide bonds. The summed E-state index contributed by atoms with van der Waals surface area (Å²) in [6, 6.07) is 19.0. The van der Waals surface area contributed by atoms with Crippen LogP contribution in [0.5, 0.6) is 5.75 Å². The number of aryl methyl sites for hydroxylation is 1. The molecule has 3 aromatic carbocycles. The second kappa shape index (κ2) is 11.9. The highest BCUT2D eigenvalue weighted by atomic mass is 35.5. The van der Waals surface area contributed by atoms with E-state index < -0.39 is 17.7 Å². The predicted octanol–water partition coefficient (Wildman–Crippen LogP) is 5.96. The predicted molar refractivity (Wildman–Crippen MR) is 160 cm³/mol. The molecule has 204 valence electrons. The van der Waals surface area contributed by atoms with Crippen LogP contribution in [-0.4, -0.2) is 45.5 Å². The first kappa shape index (κ1) is 27.9. The molecule has 11 heteroatoms. The number of imidazole rings is 1. The fourth-order valence-electron chi connectivity index (χ4n) is 4.15. The SMILES string of the molecule is Cc1ccc2cccc(OCc3c(Cl)ccc(N(C)C(=O)[C@@H](N)C(=O)CSc4nc5ccccc5[nH]4)c3Cl)c2n1. The summed E-state index contributed by atoms with van der Waals surface area (Å²) >= 11 is 14.4. The fourth-order valence-corrected chi connectivity index (χ4v) is 5.56. The first-order valence-electron chi connectivity index (χ1n) is 12.3. The Morgan fingerprint density at radius 3 is 2.65 bits per heavy atom. The molecule has 5 rings (SSSR count). The molecule has 3 N–H and O–H groups in total. The number of carbonyl (C=O) groups is 2. The number of H-pyrrole nitrogens is 1. The van der Waals surface area contributed by atoms with Crippen LogP contribution in [0, 0.1) is 6.92 Å². The number of para-hydroxylation sites is 3. The van der Waals surface area contributed by atoms with E-state index in [0.29, 0.717) is 27.2 Å². The van der Waals surface area contributed by atoms with Crippen LogP contribution < -0.4 is 15.4 Å². The standard InChI is InChI=1S/C29H25Cl2N5O3S/c1-16-10-11-17-6-5-9-24(27(17)33-16)39-14-18-19(30)12-13-22(25(18)31)36(2)28(38)26(32)23(37)15-40-29-34-20-7-3-4-8-21(20)35-29/h3-13,26H,14-15,32H2,1-2H3,(H,34,35)/t26-/m0/s1. The second-order valence-electron chi connectivity index (χ2n) is 9.12. The maximum absolute atomic E-state index is 13.2. The number of fused-ring (bicyclic) bond motifs is 2. The van der Waals surface area contributed by atoms with E-state index in [9.17, 15) is 9.59 Å². The third kappa shape index (κ3) is 5.78. The summed E-state index contributed by atoms with van der Waals surface area (Å²) in [5.41, 5.74) is 10.2. The number of nitrogens with zero attached hydrogens (tertiary/aromatic N) is 3. The molecule has 0 aliphatic carbocycles. The minimum absolute atomic E-state index is 0.0213. The molecule has 8 nitrogen and oxygen atoms in total. The number of hydrogen-bond acceptors (Lipinski definition) is 7. The quantitative estimate of drug-likeness (QED) is 0.160. The molecule has 0 bridgehead atoms. The van der Waals surface area contributed by atoms with Crippen molar-refractivity contribution in [1.82, 2.24) is 15.0 Å². The van der Waals surface area contributed by atoms with Crippen molar-refractivity contribution in [3.05, 3.63) is 88.0 Å². The summed E-state index contributed by atoms with van der Waals surface area (Å²) in [5, 5.41) is 2.12. The van der Waals surface area contributed by atoms with Gasteiger partial charge in [-0.05, 0) is 43.3 Å². The zero-order chi connectivity index (χ0) is 28.4. The number of rotatable bonds is 9. The number of aromatic nitrogens is 3. The molecule has 1 atom stereocenters. The van der Waals surface area contributed by atoms with Crippen molar-refractivity contribution in [3.8, 4) is 5.75 Å². The number of pyridine rings is 1. The van der Waals surface area contributed by atoms with Crippen molar-refractivity contribution < 1.29 is 14.3 Å². The summed E-state index contributed by atoms with van der Waals surface area (Å²) in [4.78, 5) is 39.4. The molecule has 0 radical (unpaired) electrons. The van der Waals surface area contributed by atoms with E-state index in [0.717, 1.165) is 27.6 Å². The lowest BCUT2D eigenvalue weighted by Crippen LogP contribution is -2.47. The summed E-state index contributed by atoms with van der Waals surface area (Å²) < 4.78 is 6.07. The lowest BCUT2D eigenvalue weighted by atomic mass is 10.1. The lowest BCUT2D eigenvalue weighted by molar-refractivity contribution is -0.127. The van der Waals surface area contributed by atoms with Crippen LogP contribution in [0.2, 0.25) is 10.0 Å². The Morgan fingerprint density at radius 1 is 1.05 bits per heavy atom. The van der Waals surface area contributed by atoms with E-state index in [1.165, 1.54) is 23.7 Å². The number of amides is 1. The number of thioether (sulfide) groups is 1. The smallest absolute Gasteiger partial charge is 0.251 e. The van der Waals surface area contributed by atoms with Gasteiger partial charge in [-0.1, -0.05) is 65.3 Å². The van der Waals surface area contributed by atoms with Crippen molar-refractivity contribution >= 4 is 74.3 Å². The highest BCUT2D eigenvalue weighted by molar-refractivity contribution is 7.99. The van der Waals surface area contributed by atoms with Crippen LogP contribution >= 0.6 is 35.0 Å². The Bertz CT molecular complexity index is 1710. The number of halogens is 2. The summed E-state index contributed by atoms with van der Waals surface area (Å²) in [6.07, 6.45) is 0. The van der Waals surface area contributed by atoms with Crippen LogP contribution in [0.4, 0.5) is 5.69 Å². The van der Waals surface area contributed by atoms with Crippen LogP contribution in [0.25, 0.3) is 21.9 Å². The molecule has 0 aliphatic heterocycles. The number of benzene rings is 3. The maximum Gasteiger partial charge on any atom is 0.251 e. The second-order valence-corrected chi connectivity index (χ2v) is 10.9. The highest BCUT2D eigenvalue weighted by Crippen LogP contribution is 2.35. The van der Waals surface area contributed by atoms with Crippen LogP contribution in [-0.2, 0) is 16.2 Å². The first-order valence-corrected chi connectivity index (χ1v) is 14.1. The Labute approximate surface area is 244 Å². The molecule has 0 saturated heterocycles. The summed E-state index contributed by atoms with van der Waals surface area (Å²) in [6.45, 7) is 1.95. The number of likely N-dealkylation sites (N-methyl/N-ethyl adjacent to an activating group) is 1. The van der Waals surface area contributed by atoms with Crippen LogP contribution in [0.15, 0.2) is 71.9 Å². The van der Waals surface area contributed by atoms with Gasteiger partial charge in [0.05, 0.1) is 27.5 Å². The molecule has 2 heterocycles. The van der Waals surface area contributed by atoms with Crippen LogP contribution in [0.1, 0.15) is 11.3 Å². The zero-order valence-corrected chi connectivity index (χ0v) is 24.0. The Hall–Kier alpha value is -3.63. The van der Waals surface area contributed by atoms with Gasteiger partial charge >= 0.3 is 0 Å². The number of Topliss-reactive ketones (excluding diaryl/α,β-unsaturated/α-hetero) is 1. The summed E-state index contributed by atoms with van der Waals surface area (Å²) in [7, 11) is 1.51. The van der Waals surface area contributed by atoms with Crippen molar-refractivity contribution in [3.63, 3.8) is 0 Å². The molecular weight excluding hydrogens is 569 g/mol. The third-order valence-electron chi connectivity index (χ3n) is 6.38. The van der Waals surface area contributed by atoms with Gasteiger partial charge in [0.2, 0.25) is 0 Å². The largest absolute Gasteiger partial charge is 0.487 e. The van der Waals surface area contributed by atoms with Crippen molar-refractivity contribution in [2.45, 2.75) is 24.7 Å². The number of anilines is 1. The number of ether oxygens (including phenoxy) is 1. The fraction of sp³-hybridized carbons (Fsp3) is 0.172. The minimum atomic E-state index is -1.38. The lowest BCUT2D eigenvalue weighted by Gasteiger charge is -2.23. The van der Waals surface area contributed by atoms with Gasteiger partial charge in [-0.2, -0.15) is 0 Å². The van der Waals surface area contributed by atoms with Gasteiger partial charge in [0.1, 0.15) is 23.9 Å². The van der Waals surface area contributed by atoms with E-state index in [2.05, 4.69) is 15.0 Å². The van der Waals surface area contributed by atoms with E-state index in [-0.39, 0.29) is 17.4 Å². The number of hydrogen-bond donors (Lipinski definition) is 2. The van der Waals surface area contributed by atoms with E-state index >= 15 is 0 Å². The molecule has 0 spiro atoms. The van der Waals surface area contributed by atoms with E-state index in [1.807, 2.05) is 61.5 Å². The number of aromatic amines is 1. The average molecular weight is 595 g/mol. The van der Waals surface area contributed by atoms with Gasteiger partial charge in [0, 0.05) is 28.7 Å². The Balaban J connectivity index is 1.28. The third-order valence-corrected chi connectivity index (χ3v) is 8.06. The molecule has 0 fully saturated rings. The number of nitrogens with two attached hydrogens (primary N) is 1. The van der Waals surface area contributed by atoms with Gasteiger partial charge < -0.3 is 20.4 Å². The topological polar surface area (TPSA) is 114 Å². The maximum atomic E-state index is 13.2. The molecule has 5 aromatic rings. The molecule has 40 heavy (non-hydrogen) atoms. The van der Waals surface area contributed by atoms with Gasteiger partial charge in [-0.25, -0.2) is 9.97 Å². The van der Waals surface area contributed by atoms with Gasteiger partial charge in [-0.15, -0.1) is 0 Å². The Kier molecular flexibility index (Phi) is 8.27. The Morgan fingerprint density at radius 2 is 1.85 bits per heavy atom. The van der Waals surface area contributed by atoms with Crippen LogP contribution in [0.3, 0.4) is 0 Å². The van der Waals surface area contributed by atoms with Gasteiger partial charge in [-0.3, -0.25) is 9.59 Å². The number of nitrogens with one attached hydrogen (secondary N) is 1. The average Bonchev–Trinajstić information content (AvgIpc) is 3.38.